The summed E-state index contributed by atoms with van der Waals surface area (Å²) in [6.07, 6.45) is -3.96. The standard InChI is InChI=1S/C11H15BrO8/c1-5(13)17-8-4-16-11(20-12)10(19-7(3)15)9(8)18-6(2)14/h8-11H,4H2,1-3H3/t8-,9-,10+,11?/m0/s1. The average molecular weight is 355 g/mol. The van der Waals surface area contributed by atoms with Gasteiger partial charge in [0.1, 0.15) is 16.3 Å². The van der Waals surface area contributed by atoms with Crippen LogP contribution in [0.2, 0.25) is 0 Å². The van der Waals surface area contributed by atoms with E-state index in [1.54, 1.807) is 0 Å². The van der Waals surface area contributed by atoms with Crippen LogP contribution < -0.4 is 0 Å². The number of esters is 3. The van der Waals surface area contributed by atoms with E-state index in [0.29, 0.717) is 0 Å². The lowest BCUT2D eigenvalue weighted by Crippen LogP contribution is -2.57. The third-order valence-electron chi connectivity index (χ3n) is 2.39. The Balaban J connectivity index is 2.95. The Kier molecular flexibility index (Phi) is 6.37. The topological polar surface area (TPSA) is 97.4 Å². The first-order valence-electron chi connectivity index (χ1n) is 5.75. The van der Waals surface area contributed by atoms with Crippen LogP contribution in [0, 0.1) is 0 Å². The second kappa shape index (κ2) is 7.55. The number of halogens is 1. The van der Waals surface area contributed by atoms with E-state index in [-0.39, 0.29) is 6.61 Å². The summed E-state index contributed by atoms with van der Waals surface area (Å²) in [5.74, 6) is -1.80. The van der Waals surface area contributed by atoms with Crippen LogP contribution in [-0.4, -0.2) is 49.1 Å². The molecule has 9 heteroatoms. The minimum absolute atomic E-state index is 0.0639. The van der Waals surface area contributed by atoms with Crippen LogP contribution in [0.15, 0.2) is 0 Å². The van der Waals surface area contributed by atoms with Gasteiger partial charge in [-0.2, -0.15) is 0 Å². The lowest BCUT2D eigenvalue weighted by atomic mass is 10.0. The highest BCUT2D eigenvalue weighted by molar-refractivity contribution is 9.06. The molecule has 1 heterocycles. The number of carbonyl (C=O) groups is 3. The minimum Gasteiger partial charge on any atom is -0.456 e. The average Bonchev–Trinajstić information content (AvgIpc) is 2.31. The van der Waals surface area contributed by atoms with E-state index in [2.05, 4.69) is 16.3 Å². The number of carbonyl (C=O) groups excluding carboxylic acids is 3. The largest absolute Gasteiger partial charge is 0.456 e. The molecule has 0 spiro atoms. The molecule has 0 aromatic rings. The van der Waals surface area contributed by atoms with Gasteiger partial charge in [0.15, 0.2) is 18.3 Å². The van der Waals surface area contributed by atoms with E-state index in [1.807, 2.05) is 0 Å². The molecule has 1 rings (SSSR count). The maximum atomic E-state index is 11.2. The number of hydrogen-bond donors (Lipinski definition) is 0. The highest BCUT2D eigenvalue weighted by Crippen LogP contribution is 2.26. The van der Waals surface area contributed by atoms with Crippen molar-refractivity contribution in [2.45, 2.75) is 45.4 Å². The molecule has 8 nitrogen and oxygen atoms in total. The fourth-order valence-corrected chi connectivity index (χ4v) is 2.11. The van der Waals surface area contributed by atoms with Gasteiger partial charge in [0.05, 0.1) is 6.61 Å². The number of rotatable bonds is 4. The predicted octanol–water partition coefficient (Wildman–Crippen LogP) is 0.464. The molecule has 0 aliphatic carbocycles. The smallest absolute Gasteiger partial charge is 0.303 e. The molecule has 20 heavy (non-hydrogen) atoms. The molecule has 114 valence electrons. The van der Waals surface area contributed by atoms with Gasteiger partial charge in [0.25, 0.3) is 0 Å². The summed E-state index contributed by atoms with van der Waals surface area (Å²) in [5.41, 5.74) is 0. The number of hydrogen-bond acceptors (Lipinski definition) is 8. The van der Waals surface area contributed by atoms with E-state index < -0.39 is 42.5 Å². The van der Waals surface area contributed by atoms with Crippen LogP contribution in [-0.2, 0) is 37.2 Å². The molecule has 0 radical (unpaired) electrons. The van der Waals surface area contributed by atoms with E-state index in [9.17, 15) is 14.4 Å². The summed E-state index contributed by atoms with van der Waals surface area (Å²) in [6.45, 7) is 3.52. The third-order valence-corrected chi connectivity index (χ3v) is 2.76. The van der Waals surface area contributed by atoms with Crippen molar-refractivity contribution < 1.29 is 37.2 Å². The van der Waals surface area contributed by atoms with Crippen molar-refractivity contribution in [2.24, 2.45) is 0 Å². The van der Waals surface area contributed by atoms with Gasteiger partial charge in [-0.15, -0.1) is 0 Å². The molecule has 0 amide bonds. The number of ether oxygens (including phenoxy) is 4. The van der Waals surface area contributed by atoms with Crippen LogP contribution in [0.3, 0.4) is 0 Å². The fraction of sp³-hybridized carbons (Fsp3) is 0.727. The lowest BCUT2D eigenvalue weighted by molar-refractivity contribution is -0.255. The zero-order chi connectivity index (χ0) is 15.3. The van der Waals surface area contributed by atoms with Crippen molar-refractivity contribution in [3.8, 4) is 0 Å². The molecular formula is C11H15BrO8. The van der Waals surface area contributed by atoms with Gasteiger partial charge in [-0.05, 0) is 0 Å². The summed E-state index contributed by atoms with van der Waals surface area (Å²) in [7, 11) is 0. The predicted molar refractivity (Wildman–Crippen MR) is 66.4 cm³/mol. The van der Waals surface area contributed by atoms with Crippen molar-refractivity contribution in [1.29, 1.82) is 0 Å². The van der Waals surface area contributed by atoms with Crippen LogP contribution in [0.5, 0.6) is 0 Å². The molecule has 1 fully saturated rings. The van der Waals surface area contributed by atoms with Crippen LogP contribution in [0.4, 0.5) is 0 Å². The highest BCUT2D eigenvalue weighted by atomic mass is 79.9. The first kappa shape index (κ1) is 16.9. The molecule has 1 aliphatic rings. The minimum atomic E-state index is -1.06. The summed E-state index contributed by atoms with van der Waals surface area (Å²) >= 11 is 2.74. The van der Waals surface area contributed by atoms with E-state index in [1.165, 1.54) is 20.8 Å². The van der Waals surface area contributed by atoms with Crippen LogP contribution in [0.1, 0.15) is 20.8 Å². The molecule has 4 atom stereocenters. The van der Waals surface area contributed by atoms with Crippen molar-refractivity contribution in [3.05, 3.63) is 0 Å². The monoisotopic (exact) mass is 354 g/mol. The summed E-state index contributed by atoms with van der Waals surface area (Å²) in [4.78, 5) is 33.4. The molecular weight excluding hydrogens is 340 g/mol. The highest BCUT2D eigenvalue weighted by Gasteiger charge is 2.47. The lowest BCUT2D eigenvalue weighted by Gasteiger charge is -2.39. The van der Waals surface area contributed by atoms with Gasteiger partial charge in [-0.25, -0.2) is 0 Å². The summed E-state index contributed by atoms with van der Waals surface area (Å²) in [5, 5.41) is 0. The zero-order valence-electron chi connectivity index (χ0n) is 11.2. The van der Waals surface area contributed by atoms with E-state index in [0.717, 1.165) is 0 Å². The Morgan fingerprint density at radius 2 is 1.45 bits per heavy atom. The molecule has 0 bridgehead atoms. The molecule has 0 aromatic heterocycles. The molecule has 1 aliphatic heterocycles. The van der Waals surface area contributed by atoms with Gasteiger partial charge in [-0.3, -0.25) is 18.2 Å². The SMILES string of the molecule is CC(=O)O[C@H]1[C@@H](OC(C)=O)COC(OBr)[C@@H]1OC(C)=O. The van der Waals surface area contributed by atoms with Gasteiger partial charge in [0.2, 0.25) is 6.29 Å². The Hall–Kier alpha value is -1.19. The van der Waals surface area contributed by atoms with Crippen molar-refractivity contribution in [2.75, 3.05) is 6.61 Å². The Bertz CT molecular complexity index is 385. The Morgan fingerprint density at radius 1 is 0.950 bits per heavy atom. The van der Waals surface area contributed by atoms with E-state index >= 15 is 0 Å². The Labute approximate surface area is 124 Å². The van der Waals surface area contributed by atoms with Crippen molar-refractivity contribution >= 4 is 34.2 Å². The normalized spacial score (nSPS) is 29.4. The van der Waals surface area contributed by atoms with Gasteiger partial charge in [0, 0.05) is 20.8 Å². The molecule has 0 N–H and O–H groups in total. The molecule has 1 saturated heterocycles. The van der Waals surface area contributed by atoms with Gasteiger partial charge in [-0.1, -0.05) is 0 Å². The first-order chi connectivity index (χ1) is 9.35. The van der Waals surface area contributed by atoms with Crippen LogP contribution in [0.25, 0.3) is 0 Å². The van der Waals surface area contributed by atoms with E-state index in [4.69, 9.17) is 22.8 Å². The zero-order valence-corrected chi connectivity index (χ0v) is 12.7. The first-order valence-corrected chi connectivity index (χ1v) is 6.40. The van der Waals surface area contributed by atoms with Crippen molar-refractivity contribution in [1.82, 2.24) is 0 Å². The van der Waals surface area contributed by atoms with Crippen molar-refractivity contribution in [3.63, 3.8) is 0 Å². The quantitative estimate of drug-likeness (QED) is 0.530. The summed E-state index contributed by atoms with van der Waals surface area (Å²) < 4.78 is 25.2. The molecule has 1 unspecified atom stereocenters. The molecule has 0 saturated carbocycles. The van der Waals surface area contributed by atoms with Gasteiger partial charge >= 0.3 is 17.9 Å². The fourth-order valence-electron chi connectivity index (χ4n) is 1.79. The maximum Gasteiger partial charge on any atom is 0.303 e. The second-order valence-corrected chi connectivity index (χ2v) is 4.46. The Morgan fingerprint density at radius 3 is 1.90 bits per heavy atom. The third kappa shape index (κ3) is 4.73. The summed E-state index contributed by atoms with van der Waals surface area (Å²) in [6, 6.07) is 0. The van der Waals surface area contributed by atoms with Crippen LogP contribution >= 0.6 is 16.3 Å². The maximum absolute atomic E-state index is 11.2. The second-order valence-electron chi connectivity index (χ2n) is 4.09. The molecule has 0 aromatic carbocycles. The van der Waals surface area contributed by atoms with Gasteiger partial charge < -0.3 is 18.9 Å².